The number of halogens is 2. The summed E-state index contributed by atoms with van der Waals surface area (Å²) in [5.74, 6) is 0.0178. The zero-order chi connectivity index (χ0) is 23.9. The Bertz CT molecular complexity index is 971. The van der Waals surface area contributed by atoms with E-state index >= 15 is 0 Å². The van der Waals surface area contributed by atoms with Gasteiger partial charge >= 0.3 is 0 Å². The smallest absolute Gasteiger partial charge is 0.255 e. The highest BCUT2D eigenvalue weighted by Crippen LogP contribution is 2.28. The van der Waals surface area contributed by atoms with Crippen molar-refractivity contribution in [2.45, 2.75) is 51.1 Å². The second kappa shape index (κ2) is 12.1. The molecule has 2 amide bonds. The van der Waals surface area contributed by atoms with Gasteiger partial charge in [-0.05, 0) is 36.6 Å². The minimum absolute atomic E-state index is 0.103. The monoisotopic (exact) mass is 501 g/mol. The first-order valence-corrected chi connectivity index (χ1v) is 13.1. The Morgan fingerprint density at radius 1 is 0.912 bits per heavy atom. The lowest BCUT2D eigenvalue weighted by molar-refractivity contribution is -0.133. The normalized spacial score (nSPS) is 17.5. The van der Waals surface area contributed by atoms with Gasteiger partial charge in [-0.1, -0.05) is 72.8 Å². The van der Waals surface area contributed by atoms with Gasteiger partial charge in [0, 0.05) is 56.8 Å². The molecule has 1 aliphatic heterocycles. The van der Waals surface area contributed by atoms with Crippen LogP contribution < -0.4 is 0 Å². The van der Waals surface area contributed by atoms with Crippen LogP contribution in [0.1, 0.15) is 54.4 Å². The van der Waals surface area contributed by atoms with Crippen LogP contribution in [0.25, 0.3) is 0 Å². The van der Waals surface area contributed by atoms with Crippen LogP contribution >= 0.6 is 23.2 Å². The Morgan fingerprint density at radius 3 is 2.29 bits per heavy atom. The summed E-state index contributed by atoms with van der Waals surface area (Å²) in [7, 11) is 0. The molecule has 0 bridgehead atoms. The average Bonchev–Trinajstić information content (AvgIpc) is 2.85. The summed E-state index contributed by atoms with van der Waals surface area (Å²) >= 11 is 12.4. The van der Waals surface area contributed by atoms with Gasteiger partial charge in [0.1, 0.15) is 0 Å². The summed E-state index contributed by atoms with van der Waals surface area (Å²) in [6.07, 6.45) is 5.71. The Labute approximate surface area is 212 Å². The number of piperazine rings is 1. The van der Waals surface area contributed by atoms with E-state index < -0.39 is 0 Å². The van der Waals surface area contributed by atoms with Gasteiger partial charge in [0.25, 0.3) is 5.91 Å². The van der Waals surface area contributed by atoms with Crippen molar-refractivity contribution in [2.75, 3.05) is 32.7 Å². The van der Waals surface area contributed by atoms with Crippen molar-refractivity contribution in [2.24, 2.45) is 0 Å². The number of hydrogen-bond donors (Lipinski definition) is 0. The summed E-state index contributed by atoms with van der Waals surface area (Å²) in [5, 5.41) is 0.867. The van der Waals surface area contributed by atoms with Gasteiger partial charge in [-0.2, -0.15) is 0 Å². The summed E-state index contributed by atoms with van der Waals surface area (Å²) in [6.45, 7) is 4.52. The second-order valence-corrected chi connectivity index (χ2v) is 10.2. The number of hydrogen-bond acceptors (Lipinski definition) is 3. The van der Waals surface area contributed by atoms with Gasteiger partial charge in [0.15, 0.2) is 0 Å². The SMILES string of the molecule is O=C(CCN(C(=O)c1ccc(Cl)cc1Cl)C1CCCCC1)N1CCN(Cc2ccccc2)CC1. The molecule has 2 fully saturated rings. The molecule has 0 radical (unpaired) electrons. The number of carbonyl (C=O) groups is 2. The van der Waals surface area contributed by atoms with Crippen molar-refractivity contribution in [1.82, 2.24) is 14.7 Å². The predicted octanol–water partition coefficient (Wildman–Crippen LogP) is 5.50. The third-order valence-electron chi connectivity index (χ3n) is 6.98. The molecule has 0 atom stereocenters. The van der Waals surface area contributed by atoms with Crippen molar-refractivity contribution >= 4 is 35.0 Å². The molecule has 0 unspecified atom stereocenters. The summed E-state index contributed by atoms with van der Waals surface area (Å²) in [5.41, 5.74) is 1.75. The molecular formula is C27H33Cl2N3O2. The summed E-state index contributed by atoms with van der Waals surface area (Å²) in [4.78, 5) is 32.7. The molecule has 0 N–H and O–H groups in total. The van der Waals surface area contributed by atoms with E-state index in [2.05, 4.69) is 29.2 Å². The number of nitrogens with zero attached hydrogens (tertiary/aromatic N) is 3. The van der Waals surface area contributed by atoms with Crippen molar-refractivity contribution in [3.05, 3.63) is 69.7 Å². The molecule has 1 aliphatic carbocycles. The zero-order valence-electron chi connectivity index (χ0n) is 19.6. The Kier molecular flexibility index (Phi) is 8.87. The van der Waals surface area contributed by atoms with E-state index in [-0.39, 0.29) is 17.9 Å². The van der Waals surface area contributed by atoms with E-state index in [0.29, 0.717) is 28.6 Å². The van der Waals surface area contributed by atoms with Gasteiger partial charge < -0.3 is 9.80 Å². The second-order valence-electron chi connectivity index (χ2n) is 9.31. The average molecular weight is 502 g/mol. The van der Waals surface area contributed by atoms with Crippen molar-refractivity contribution in [3.63, 3.8) is 0 Å². The number of carbonyl (C=O) groups excluding carboxylic acids is 2. The van der Waals surface area contributed by atoms with Gasteiger partial charge in [0.2, 0.25) is 5.91 Å². The standard InChI is InChI=1S/C27H33Cl2N3O2/c28-22-11-12-24(25(29)19-22)27(34)32(23-9-5-2-6-10-23)14-13-26(33)31-17-15-30(16-18-31)20-21-7-3-1-4-8-21/h1,3-4,7-8,11-12,19,23H,2,5-6,9-10,13-18,20H2. The first-order valence-electron chi connectivity index (χ1n) is 12.3. The molecular weight excluding hydrogens is 469 g/mol. The van der Waals surface area contributed by atoms with E-state index in [1.807, 2.05) is 15.9 Å². The molecule has 0 spiro atoms. The van der Waals surface area contributed by atoms with Crippen molar-refractivity contribution < 1.29 is 9.59 Å². The lowest BCUT2D eigenvalue weighted by Gasteiger charge is -2.37. The topological polar surface area (TPSA) is 43.9 Å². The molecule has 7 heteroatoms. The fourth-order valence-corrected chi connectivity index (χ4v) is 5.52. The van der Waals surface area contributed by atoms with E-state index in [1.165, 1.54) is 12.0 Å². The first kappa shape index (κ1) is 25.0. The van der Waals surface area contributed by atoms with Gasteiger partial charge in [-0.3, -0.25) is 14.5 Å². The Balaban J connectivity index is 1.34. The van der Waals surface area contributed by atoms with Crippen LogP contribution in [-0.2, 0) is 11.3 Å². The molecule has 1 saturated heterocycles. The lowest BCUT2D eigenvalue weighted by atomic mass is 9.93. The molecule has 2 aliphatic rings. The van der Waals surface area contributed by atoms with Crippen LogP contribution in [0.3, 0.4) is 0 Å². The van der Waals surface area contributed by atoms with Crippen molar-refractivity contribution in [1.29, 1.82) is 0 Å². The van der Waals surface area contributed by atoms with Crippen molar-refractivity contribution in [3.8, 4) is 0 Å². The fraction of sp³-hybridized carbons (Fsp3) is 0.481. The molecule has 4 rings (SSSR count). The van der Waals surface area contributed by atoms with Crippen LogP contribution in [0.2, 0.25) is 10.0 Å². The third-order valence-corrected chi connectivity index (χ3v) is 7.53. The van der Waals surface area contributed by atoms with Crippen LogP contribution in [0.15, 0.2) is 48.5 Å². The van der Waals surface area contributed by atoms with Gasteiger partial charge in [-0.25, -0.2) is 0 Å². The molecule has 34 heavy (non-hydrogen) atoms. The van der Waals surface area contributed by atoms with E-state index in [4.69, 9.17) is 23.2 Å². The maximum absolute atomic E-state index is 13.4. The van der Waals surface area contributed by atoms with Crippen LogP contribution in [0, 0.1) is 0 Å². The maximum atomic E-state index is 13.4. The van der Waals surface area contributed by atoms with Gasteiger partial charge in [0.05, 0.1) is 10.6 Å². The molecule has 5 nitrogen and oxygen atoms in total. The number of rotatable bonds is 7. The minimum atomic E-state index is -0.103. The van der Waals surface area contributed by atoms with Crippen LogP contribution in [0.4, 0.5) is 0 Å². The van der Waals surface area contributed by atoms with Crippen LogP contribution in [0.5, 0.6) is 0 Å². The third kappa shape index (κ3) is 6.53. The Hall–Kier alpha value is -2.08. The molecule has 1 heterocycles. The molecule has 1 saturated carbocycles. The molecule has 182 valence electrons. The summed E-state index contributed by atoms with van der Waals surface area (Å²) < 4.78 is 0. The fourth-order valence-electron chi connectivity index (χ4n) is 5.03. The van der Waals surface area contributed by atoms with E-state index in [1.54, 1.807) is 18.2 Å². The zero-order valence-corrected chi connectivity index (χ0v) is 21.1. The first-order chi connectivity index (χ1) is 16.5. The van der Waals surface area contributed by atoms with Crippen LogP contribution in [-0.4, -0.2) is 65.3 Å². The highest BCUT2D eigenvalue weighted by molar-refractivity contribution is 6.36. The number of amides is 2. The predicted molar refractivity (Wildman–Crippen MR) is 137 cm³/mol. The van der Waals surface area contributed by atoms with E-state index in [9.17, 15) is 9.59 Å². The minimum Gasteiger partial charge on any atom is -0.340 e. The summed E-state index contributed by atoms with van der Waals surface area (Å²) in [6, 6.07) is 15.6. The highest BCUT2D eigenvalue weighted by atomic mass is 35.5. The van der Waals surface area contributed by atoms with E-state index in [0.717, 1.165) is 58.4 Å². The molecule has 0 aromatic heterocycles. The maximum Gasteiger partial charge on any atom is 0.255 e. The largest absolute Gasteiger partial charge is 0.340 e. The lowest BCUT2D eigenvalue weighted by Crippen LogP contribution is -2.49. The Morgan fingerprint density at radius 2 is 1.62 bits per heavy atom. The van der Waals surface area contributed by atoms with Gasteiger partial charge in [-0.15, -0.1) is 0 Å². The highest BCUT2D eigenvalue weighted by Gasteiger charge is 2.29. The molecule has 2 aromatic carbocycles. The quantitative estimate of drug-likeness (QED) is 0.502. The molecule has 2 aromatic rings. The number of benzene rings is 2.